The number of hydrogen-bond donors (Lipinski definition) is 3. The Balaban J connectivity index is 2.49. The summed E-state index contributed by atoms with van der Waals surface area (Å²) in [5, 5.41) is 11.4. The maximum Gasteiger partial charge on any atom is 0.407 e. The van der Waals surface area contributed by atoms with Gasteiger partial charge in [0.25, 0.3) is 0 Å². The second kappa shape index (κ2) is 6.23. The van der Waals surface area contributed by atoms with Crippen LogP contribution in [0.5, 0.6) is 0 Å². The minimum atomic E-state index is -1.17. The van der Waals surface area contributed by atoms with E-state index in [-0.39, 0.29) is 11.4 Å². The van der Waals surface area contributed by atoms with E-state index in [1.165, 1.54) is 12.3 Å². The van der Waals surface area contributed by atoms with E-state index in [1.54, 1.807) is 20.8 Å². The molecule has 0 saturated heterocycles. The van der Waals surface area contributed by atoms with Crippen LogP contribution >= 0.6 is 0 Å². The number of ether oxygens (including phenoxy) is 1. The SMILES string of the molecule is CC(C)(C)OC(=O)NCCc1cnc(C(=O)O)c(N)c1. The lowest BCUT2D eigenvalue weighted by Gasteiger charge is -2.19. The molecule has 0 bridgehead atoms. The first-order valence-electron chi connectivity index (χ1n) is 6.13. The zero-order chi connectivity index (χ0) is 15.3. The maximum atomic E-state index is 11.4. The van der Waals surface area contributed by atoms with Gasteiger partial charge in [0.05, 0.1) is 5.69 Å². The largest absolute Gasteiger partial charge is 0.476 e. The van der Waals surface area contributed by atoms with Crippen molar-refractivity contribution >= 4 is 17.7 Å². The Hall–Kier alpha value is -2.31. The minimum absolute atomic E-state index is 0.104. The molecule has 4 N–H and O–H groups in total. The van der Waals surface area contributed by atoms with Crippen molar-refractivity contribution in [3.05, 3.63) is 23.5 Å². The first kappa shape index (κ1) is 15.7. The molecular formula is C13H19N3O4. The predicted octanol–water partition coefficient (Wildman–Crippen LogP) is 1.43. The third-order valence-corrected chi connectivity index (χ3v) is 2.26. The smallest absolute Gasteiger partial charge is 0.407 e. The van der Waals surface area contributed by atoms with Crippen LogP contribution in [0.15, 0.2) is 12.3 Å². The van der Waals surface area contributed by atoms with Crippen LogP contribution in [-0.2, 0) is 11.2 Å². The Kier molecular flexibility index (Phi) is 4.90. The van der Waals surface area contributed by atoms with Gasteiger partial charge in [0.1, 0.15) is 5.60 Å². The van der Waals surface area contributed by atoms with Gasteiger partial charge in [0.15, 0.2) is 5.69 Å². The van der Waals surface area contributed by atoms with Crippen LogP contribution in [0.2, 0.25) is 0 Å². The lowest BCUT2D eigenvalue weighted by Crippen LogP contribution is -2.33. The number of carboxylic acid groups (broad SMARTS) is 1. The molecule has 0 fully saturated rings. The highest BCUT2D eigenvalue weighted by Gasteiger charge is 2.15. The summed E-state index contributed by atoms with van der Waals surface area (Å²) in [6, 6.07) is 1.53. The lowest BCUT2D eigenvalue weighted by molar-refractivity contribution is 0.0528. The summed E-state index contributed by atoms with van der Waals surface area (Å²) < 4.78 is 5.08. The fourth-order valence-corrected chi connectivity index (χ4v) is 1.47. The Bertz CT molecular complexity index is 509. The van der Waals surface area contributed by atoms with E-state index >= 15 is 0 Å². The highest BCUT2D eigenvalue weighted by atomic mass is 16.6. The number of nitrogens with zero attached hydrogens (tertiary/aromatic N) is 1. The summed E-state index contributed by atoms with van der Waals surface area (Å²) in [5.74, 6) is -1.17. The Morgan fingerprint density at radius 2 is 2.10 bits per heavy atom. The fourth-order valence-electron chi connectivity index (χ4n) is 1.47. The van der Waals surface area contributed by atoms with Gasteiger partial charge in [-0.2, -0.15) is 0 Å². The van der Waals surface area contributed by atoms with Gasteiger partial charge >= 0.3 is 12.1 Å². The molecule has 0 spiro atoms. The van der Waals surface area contributed by atoms with Gasteiger partial charge in [-0.25, -0.2) is 14.6 Å². The molecule has 0 saturated carbocycles. The number of anilines is 1. The van der Waals surface area contributed by atoms with Crippen molar-refractivity contribution in [1.82, 2.24) is 10.3 Å². The molecule has 1 rings (SSSR count). The van der Waals surface area contributed by atoms with Gasteiger partial charge in [0.2, 0.25) is 0 Å². The van der Waals surface area contributed by atoms with E-state index in [4.69, 9.17) is 15.6 Å². The normalized spacial score (nSPS) is 10.9. The van der Waals surface area contributed by atoms with Crippen LogP contribution in [0.4, 0.5) is 10.5 Å². The van der Waals surface area contributed by atoms with E-state index < -0.39 is 17.7 Å². The molecule has 7 heteroatoms. The number of aromatic carboxylic acids is 1. The van der Waals surface area contributed by atoms with Crippen LogP contribution in [0.3, 0.4) is 0 Å². The molecule has 0 atom stereocenters. The average Bonchev–Trinajstić information content (AvgIpc) is 2.25. The highest BCUT2D eigenvalue weighted by Crippen LogP contribution is 2.11. The van der Waals surface area contributed by atoms with E-state index in [9.17, 15) is 9.59 Å². The van der Waals surface area contributed by atoms with E-state index in [2.05, 4.69) is 10.3 Å². The Morgan fingerprint density at radius 1 is 1.45 bits per heavy atom. The van der Waals surface area contributed by atoms with Gasteiger partial charge in [-0.15, -0.1) is 0 Å². The Morgan fingerprint density at radius 3 is 2.60 bits per heavy atom. The van der Waals surface area contributed by atoms with E-state index in [0.29, 0.717) is 13.0 Å². The number of amides is 1. The summed E-state index contributed by atoms with van der Waals surface area (Å²) in [5.41, 5.74) is 5.71. The molecule has 0 aliphatic carbocycles. The molecule has 7 nitrogen and oxygen atoms in total. The molecule has 0 aliphatic heterocycles. The summed E-state index contributed by atoms with van der Waals surface area (Å²) in [6.45, 7) is 5.69. The molecule has 1 amide bonds. The third kappa shape index (κ3) is 5.13. The van der Waals surface area contributed by atoms with Gasteiger partial charge in [-0.05, 0) is 38.8 Å². The number of pyridine rings is 1. The molecule has 110 valence electrons. The highest BCUT2D eigenvalue weighted by molar-refractivity contribution is 5.91. The minimum Gasteiger partial charge on any atom is -0.476 e. The van der Waals surface area contributed by atoms with Crippen molar-refractivity contribution < 1.29 is 19.4 Å². The molecule has 1 heterocycles. The average molecular weight is 281 g/mol. The zero-order valence-corrected chi connectivity index (χ0v) is 11.8. The molecule has 0 aromatic carbocycles. The van der Waals surface area contributed by atoms with Crippen LogP contribution in [-0.4, -0.2) is 34.3 Å². The number of carboxylic acids is 1. The zero-order valence-electron chi connectivity index (χ0n) is 11.8. The standard InChI is InChI=1S/C13H19N3O4/c1-13(2,3)20-12(19)15-5-4-8-6-9(14)10(11(17)18)16-7-8/h6-7H,4-5,14H2,1-3H3,(H,15,19)(H,17,18). The third-order valence-electron chi connectivity index (χ3n) is 2.26. The lowest BCUT2D eigenvalue weighted by atomic mass is 10.1. The Labute approximate surface area is 117 Å². The molecule has 1 aromatic rings. The molecule has 1 aromatic heterocycles. The van der Waals surface area contributed by atoms with E-state index in [0.717, 1.165) is 5.56 Å². The van der Waals surface area contributed by atoms with Crippen LogP contribution in [0.25, 0.3) is 0 Å². The fraction of sp³-hybridized carbons (Fsp3) is 0.462. The van der Waals surface area contributed by atoms with Crippen molar-refractivity contribution in [3.8, 4) is 0 Å². The van der Waals surface area contributed by atoms with Gasteiger partial charge < -0.3 is 20.9 Å². The summed E-state index contributed by atoms with van der Waals surface area (Å²) in [4.78, 5) is 25.9. The van der Waals surface area contributed by atoms with Crippen molar-refractivity contribution in [3.63, 3.8) is 0 Å². The summed E-state index contributed by atoms with van der Waals surface area (Å²) in [7, 11) is 0. The first-order chi connectivity index (χ1) is 9.19. The van der Waals surface area contributed by atoms with E-state index in [1.807, 2.05) is 0 Å². The number of nitrogens with two attached hydrogens (primary N) is 1. The predicted molar refractivity (Wildman–Crippen MR) is 73.5 cm³/mol. The monoisotopic (exact) mass is 281 g/mol. The maximum absolute atomic E-state index is 11.4. The molecule has 20 heavy (non-hydrogen) atoms. The molecule has 0 unspecified atom stereocenters. The summed E-state index contributed by atoms with van der Waals surface area (Å²) in [6.07, 6.45) is 1.41. The molecular weight excluding hydrogens is 262 g/mol. The van der Waals surface area contributed by atoms with Gasteiger partial charge in [-0.1, -0.05) is 0 Å². The number of aromatic nitrogens is 1. The quantitative estimate of drug-likeness (QED) is 0.769. The number of hydrogen-bond acceptors (Lipinski definition) is 5. The number of carbonyl (C=O) groups is 2. The molecule has 0 radical (unpaired) electrons. The first-order valence-corrected chi connectivity index (χ1v) is 6.13. The van der Waals surface area contributed by atoms with Crippen molar-refractivity contribution in [2.45, 2.75) is 32.8 Å². The number of nitrogens with one attached hydrogen (secondary N) is 1. The number of carbonyl (C=O) groups excluding carboxylic acids is 1. The van der Waals surface area contributed by atoms with Gasteiger partial charge in [-0.3, -0.25) is 0 Å². The second-order valence-corrected chi connectivity index (χ2v) is 5.27. The van der Waals surface area contributed by atoms with Crippen LogP contribution < -0.4 is 11.1 Å². The number of nitrogen functional groups attached to an aromatic ring is 1. The van der Waals surface area contributed by atoms with Crippen molar-refractivity contribution in [1.29, 1.82) is 0 Å². The summed E-state index contributed by atoms with van der Waals surface area (Å²) >= 11 is 0. The van der Waals surface area contributed by atoms with Crippen molar-refractivity contribution in [2.75, 3.05) is 12.3 Å². The number of alkyl carbamates (subject to hydrolysis) is 1. The van der Waals surface area contributed by atoms with Crippen LogP contribution in [0.1, 0.15) is 36.8 Å². The number of rotatable bonds is 4. The van der Waals surface area contributed by atoms with Crippen molar-refractivity contribution in [2.24, 2.45) is 0 Å². The molecule has 0 aliphatic rings. The van der Waals surface area contributed by atoms with Gasteiger partial charge in [0, 0.05) is 12.7 Å². The topological polar surface area (TPSA) is 115 Å². The second-order valence-electron chi connectivity index (χ2n) is 5.27. The van der Waals surface area contributed by atoms with Crippen LogP contribution in [0, 0.1) is 0 Å².